The van der Waals surface area contributed by atoms with Gasteiger partial charge in [-0.15, -0.1) is 0 Å². The number of esters is 1. The minimum atomic E-state index is -0.884. The Balaban J connectivity index is 2.16. The number of carbonyl (C=O) groups excluding carboxylic acids is 2. The van der Waals surface area contributed by atoms with Gasteiger partial charge in [-0.2, -0.15) is 0 Å². The number of benzene rings is 1. The second-order valence-corrected chi connectivity index (χ2v) is 7.02. The molecule has 6 heteroatoms. The van der Waals surface area contributed by atoms with Gasteiger partial charge in [-0.25, -0.2) is 4.79 Å². The van der Waals surface area contributed by atoms with Crippen LogP contribution in [0.5, 0.6) is 0 Å². The summed E-state index contributed by atoms with van der Waals surface area (Å²) in [6.07, 6.45) is 0.462. The van der Waals surface area contributed by atoms with Crippen LogP contribution in [0.15, 0.2) is 24.3 Å². The third-order valence-electron chi connectivity index (χ3n) is 4.10. The molecule has 1 amide bonds. The van der Waals surface area contributed by atoms with E-state index in [-0.39, 0.29) is 12.5 Å². The number of amides is 1. The van der Waals surface area contributed by atoms with E-state index in [1.807, 2.05) is 24.3 Å². The first-order chi connectivity index (χ1) is 11.2. The first-order valence-corrected chi connectivity index (χ1v) is 8.06. The smallest absolute Gasteiger partial charge is 0.328 e. The van der Waals surface area contributed by atoms with Gasteiger partial charge in [0, 0.05) is 19.5 Å². The quantitative estimate of drug-likeness (QED) is 0.807. The maximum Gasteiger partial charge on any atom is 0.328 e. The normalized spacial score (nSPS) is 17.6. The van der Waals surface area contributed by atoms with Crippen LogP contribution in [-0.4, -0.2) is 65.7 Å². The highest BCUT2D eigenvalue weighted by molar-refractivity contribution is 5.86. The molecule has 1 N–H and O–H groups in total. The molecule has 0 saturated carbocycles. The van der Waals surface area contributed by atoms with Crippen molar-refractivity contribution in [2.75, 3.05) is 27.2 Å². The summed E-state index contributed by atoms with van der Waals surface area (Å²) in [5.74, 6) is -0.547. The van der Waals surface area contributed by atoms with Gasteiger partial charge < -0.3 is 14.7 Å². The minimum absolute atomic E-state index is 0.139. The van der Waals surface area contributed by atoms with Crippen molar-refractivity contribution in [2.24, 2.45) is 0 Å². The van der Waals surface area contributed by atoms with Crippen molar-refractivity contribution >= 4 is 11.9 Å². The number of carbonyl (C=O) groups is 2. The highest BCUT2D eigenvalue weighted by Gasteiger charge is 2.35. The van der Waals surface area contributed by atoms with E-state index < -0.39 is 17.6 Å². The van der Waals surface area contributed by atoms with Crippen LogP contribution in [0.4, 0.5) is 0 Å². The van der Waals surface area contributed by atoms with Crippen molar-refractivity contribution in [1.82, 2.24) is 9.80 Å². The predicted molar refractivity (Wildman–Crippen MR) is 90.3 cm³/mol. The molecule has 1 aromatic rings. The van der Waals surface area contributed by atoms with E-state index in [4.69, 9.17) is 4.74 Å². The summed E-state index contributed by atoms with van der Waals surface area (Å²) >= 11 is 0. The Morgan fingerprint density at radius 1 is 1.33 bits per heavy atom. The Kier molecular flexibility index (Phi) is 5.62. The molecule has 1 heterocycles. The molecule has 0 saturated heterocycles. The lowest BCUT2D eigenvalue weighted by Gasteiger charge is -2.36. The number of hydrogen-bond donors (Lipinski definition) is 1. The van der Waals surface area contributed by atoms with Crippen LogP contribution in [0.3, 0.4) is 0 Å². The highest BCUT2D eigenvalue weighted by atomic mass is 16.5. The maximum absolute atomic E-state index is 12.7. The van der Waals surface area contributed by atoms with Gasteiger partial charge in [0.2, 0.25) is 5.91 Å². The summed E-state index contributed by atoms with van der Waals surface area (Å²) < 4.78 is 4.88. The highest BCUT2D eigenvalue weighted by Crippen LogP contribution is 2.24. The zero-order valence-corrected chi connectivity index (χ0v) is 14.8. The van der Waals surface area contributed by atoms with E-state index in [1.165, 1.54) is 7.11 Å². The predicted octanol–water partition coefficient (Wildman–Crippen LogP) is 0.816. The zero-order valence-electron chi connectivity index (χ0n) is 14.8. The summed E-state index contributed by atoms with van der Waals surface area (Å²) in [5.41, 5.74) is 1.24. The van der Waals surface area contributed by atoms with Crippen LogP contribution in [0.1, 0.15) is 25.0 Å². The third-order valence-corrected chi connectivity index (χ3v) is 4.10. The molecule has 0 aromatic heterocycles. The van der Waals surface area contributed by atoms with E-state index in [0.29, 0.717) is 19.5 Å². The topological polar surface area (TPSA) is 70.1 Å². The first kappa shape index (κ1) is 18.4. The van der Waals surface area contributed by atoms with Crippen LogP contribution in [0, 0.1) is 0 Å². The van der Waals surface area contributed by atoms with Gasteiger partial charge in [0.25, 0.3) is 0 Å². The Labute approximate surface area is 143 Å². The molecule has 0 radical (unpaired) electrons. The molecule has 1 atom stereocenters. The van der Waals surface area contributed by atoms with Crippen LogP contribution < -0.4 is 0 Å². The molecule has 0 bridgehead atoms. The summed E-state index contributed by atoms with van der Waals surface area (Å²) in [7, 11) is 3.12. The van der Waals surface area contributed by atoms with Gasteiger partial charge >= 0.3 is 5.97 Å². The van der Waals surface area contributed by atoms with Gasteiger partial charge in [0.1, 0.15) is 6.04 Å². The molecule has 0 fully saturated rings. The van der Waals surface area contributed by atoms with Crippen molar-refractivity contribution in [1.29, 1.82) is 0 Å². The van der Waals surface area contributed by atoms with Gasteiger partial charge in [-0.3, -0.25) is 9.69 Å². The molecule has 1 unspecified atom stereocenters. The van der Waals surface area contributed by atoms with Gasteiger partial charge in [-0.05, 0) is 32.0 Å². The summed E-state index contributed by atoms with van der Waals surface area (Å²) in [6, 6.07) is 7.21. The molecule has 1 aromatic carbocycles. The van der Waals surface area contributed by atoms with Gasteiger partial charge in [-0.1, -0.05) is 24.3 Å². The van der Waals surface area contributed by atoms with Crippen molar-refractivity contribution in [2.45, 2.75) is 38.5 Å². The lowest BCUT2D eigenvalue weighted by molar-refractivity contribution is -0.154. The van der Waals surface area contributed by atoms with Crippen molar-refractivity contribution in [3.63, 3.8) is 0 Å². The van der Waals surface area contributed by atoms with Crippen molar-refractivity contribution in [3.8, 4) is 0 Å². The molecule has 24 heavy (non-hydrogen) atoms. The standard InChI is InChI=1S/C18H26N2O4/c1-18(2,23)12-19(3)11-16(21)20-10-14-8-6-5-7-13(14)9-15(20)17(22)24-4/h5-8,15,23H,9-12H2,1-4H3. The lowest BCUT2D eigenvalue weighted by Crippen LogP contribution is -2.52. The maximum atomic E-state index is 12.7. The van der Waals surface area contributed by atoms with E-state index in [1.54, 1.807) is 30.7 Å². The average molecular weight is 334 g/mol. The molecule has 1 aliphatic rings. The largest absolute Gasteiger partial charge is 0.467 e. The number of methoxy groups -OCH3 is 1. The summed E-state index contributed by atoms with van der Waals surface area (Å²) in [6.45, 7) is 4.29. The zero-order chi connectivity index (χ0) is 17.9. The van der Waals surface area contributed by atoms with E-state index in [9.17, 15) is 14.7 Å². The molecule has 2 rings (SSSR count). The number of hydrogen-bond acceptors (Lipinski definition) is 5. The summed E-state index contributed by atoms with van der Waals surface area (Å²) in [4.78, 5) is 28.2. The van der Waals surface area contributed by atoms with Gasteiger partial charge in [0.05, 0.1) is 19.3 Å². The number of ether oxygens (including phenoxy) is 1. The fourth-order valence-corrected chi connectivity index (χ4v) is 3.17. The number of nitrogens with zero attached hydrogens (tertiary/aromatic N) is 2. The fraction of sp³-hybridized carbons (Fsp3) is 0.556. The minimum Gasteiger partial charge on any atom is -0.467 e. The van der Waals surface area contributed by atoms with Crippen LogP contribution in [-0.2, 0) is 27.3 Å². The fourth-order valence-electron chi connectivity index (χ4n) is 3.17. The molecular formula is C18H26N2O4. The van der Waals surface area contributed by atoms with Gasteiger partial charge in [0.15, 0.2) is 0 Å². The number of rotatable bonds is 5. The first-order valence-electron chi connectivity index (χ1n) is 8.06. The van der Waals surface area contributed by atoms with Crippen molar-refractivity contribution in [3.05, 3.63) is 35.4 Å². The molecule has 132 valence electrons. The number of aliphatic hydroxyl groups is 1. The monoisotopic (exact) mass is 334 g/mol. The number of likely N-dealkylation sites (N-methyl/N-ethyl adjacent to an activating group) is 1. The second-order valence-electron chi connectivity index (χ2n) is 7.02. The second kappa shape index (κ2) is 7.32. The molecule has 1 aliphatic heterocycles. The molecule has 0 spiro atoms. The van der Waals surface area contributed by atoms with E-state index in [2.05, 4.69) is 0 Å². The van der Waals surface area contributed by atoms with Crippen LogP contribution >= 0.6 is 0 Å². The summed E-state index contributed by atoms with van der Waals surface area (Å²) in [5, 5.41) is 9.88. The Morgan fingerprint density at radius 2 is 1.96 bits per heavy atom. The third kappa shape index (κ3) is 4.55. The van der Waals surface area contributed by atoms with E-state index in [0.717, 1.165) is 11.1 Å². The molecule has 6 nitrogen and oxygen atoms in total. The van der Waals surface area contributed by atoms with Crippen molar-refractivity contribution < 1.29 is 19.4 Å². The molecular weight excluding hydrogens is 308 g/mol. The Bertz CT molecular complexity index is 609. The van der Waals surface area contributed by atoms with Crippen LogP contribution in [0.25, 0.3) is 0 Å². The van der Waals surface area contributed by atoms with Crippen LogP contribution in [0.2, 0.25) is 0 Å². The SMILES string of the molecule is COC(=O)C1Cc2ccccc2CN1C(=O)CN(C)CC(C)(C)O. The molecule has 0 aliphatic carbocycles. The Morgan fingerprint density at radius 3 is 2.54 bits per heavy atom. The number of fused-ring (bicyclic) bond motifs is 1. The Hall–Kier alpha value is -1.92. The van der Waals surface area contributed by atoms with E-state index >= 15 is 0 Å². The average Bonchev–Trinajstić information content (AvgIpc) is 2.50. The lowest BCUT2D eigenvalue weighted by atomic mass is 9.94.